The zero-order valence-electron chi connectivity index (χ0n) is 8.63. The number of nitrogen functional groups attached to an aromatic ring is 1. The molecule has 0 bridgehead atoms. The van der Waals surface area contributed by atoms with Gasteiger partial charge in [0.25, 0.3) is 5.91 Å². The van der Waals surface area contributed by atoms with Crippen molar-refractivity contribution in [3.05, 3.63) is 29.3 Å². The molecule has 0 aromatic heterocycles. The van der Waals surface area contributed by atoms with Gasteiger partial charge >= 0.3 is 0 Å². The minimum absolute atomic E-state index is 0.303. The normalized spacial score (nSPS) is 12.2. The number of hydrogen-bond donors (Lipinski definition) is 3. The molecular formula is C10H12F2N2O2. The molecule has 0 aliphatic rings. The second-order valence-corrected chi connectivity index (χ2v) is 3.38. The number of amides is 1. The van der Waals surface area contributed by atoms with Crippen molar-refractivity contribution in [2.45, 2.75) is 13.0 Å². The molecule has 4 nitrogen and oxygen atoms in total. The van der Waals surface area contributed by atoms with Crippen LogP contribution in [0.2, 0.25) is 0 Å². The van der Waals surface area contributed by atoms with Gasteiger partial charge in [0, 0.05) is 6.04 Å². The van der Waals surface area contributed by atoms with Gasteiger partial charge in [-0.2, -0.15) is 0 Å². The number of benzene rings is 1. The first-order valence-corrected chi connectivity index (χ1v) is 4.62. The summed E-state index contributed by atoms with van der Waals surface area (Å²) in [7, 11) is 0. The monoisotopic (exact) mass is 230 g/mol. The lowest BCUT2D eigenvalue weighted by molar-refractivity contribution is 0.0914. The first kappa shape index (κ1) is 12.4. The van der Waals surface area contributed by atoms with E-state index < -0.39 is 29.1 Å². The smallest absolute Gasteiger partial charge is 0.257 e. The zero-order valence-corrected chi connectivity index (χ0v) is 8.63. The molecule has 0 aliphatic carbocycles. The van der Waals surface area contributed by atoms with Crippen molar-refractivity contribution in [2.75, 3.05) is 12.3 Å². The number of aliphatic hydroxyl groups excluding tert-OH is 1. The molecule has 0 aliphatic heterocycles. The van der Waals surface area contributed by atoms with E-state index in [1.807, 2.05) is 0 Å². The molecule has 0 heterocycles. The van der Waals surface area contributed by atoms with Crippen LogP contribution in [0.1, 0.15) is 17.3 Å². The van der Waals surface area contributed by atoms with Gasteiger partial charge in [0.1, 0.15) is 11.4 Å². The molecule has 0 saturated heterocycles. The lowest BCUT2D eigenvalue weighted by Crippen LogP contribution is -2.36. The number of rotatable bonds is 3. The molecule has 1 rings (SSSR count). The Labute approximate surface area is 91.1 Å². The van der Waals surface area contributed by atoms with Crippen molar-refractivity contribution in [3.8, 4) is 0 Å². The molecule has 0 spiro atoms. The zero-order chi connectivity index (χ0) is 12.3. The largest absolute Gasteiger partial charge is 0.396 e. The van der Waals surface area contributed by atoms with Gasteiger partial charge in [-0.3, -0.25) is 4.79 Å². The summed E-state index contributed by atoms with van der Waals surface area (Å²) in [5.41, 5.74) is 4.18. The highest BCUT2D eigenvalue weighted by atomic mass is 19.1. The summed E-state index contributed by atoms with van der Waals surface area (Å²) in [6.07, 6.45) is 0. The summed E-state index contributed by atoms with van der Waals surface area (Å²) >= 11 is 0. The molecule has 0 saturated carbocycles. The first-order chi connectivity index (χ1) is 7.47. The topological polar surface area (TPSA) is 75.3 Å². The van der Waals surface area contributed by atoms with Gasteiger partial charge in [-0.15, -0.1) is 0 Å². The van der Waals surface area contributed by atoms with Gasteiger partial charge in [0.2, 0.25) is 0 Å². The summed E-state index contributed by atoms with van der Waals surface area (Å²) in [5, 5.41) is 10.9. The third-order valence-electron chi connectivity index (χ3n) is 2.00. The van der Waals surface area contributed by atoms with E-state index in [0.717, 1.165) is 12.1 Å². The molecule has 6 heteroatoms. The second kappa shape index (κ2) is 4.89. The van der Waals surface area contributed by atoms with E-state index in [-0.39, 0.29) is 12.3 Å². The van der Waals surface area contributed by atoms with Crippen molar-refractivity contribution in [1.29, 1.82) is 0 Å². The Morgan fingerprint density at radius 3 is 2.75 bits per heavy atom. The molecule has 16 heavy (non-hydrogen) atoms. The van der Waals surface area contributed by atoms with E-state index in [2.05, 4.69) is 5.32 Å². The summed E-state index contributed by atoms with van der Waals surface area (Å²) < 4.78 is 26.6. The maximum Gasteiger partial charge on any atom is 0.257 e. The summed E-state index contributed by atoms with van der Waals surface area (Å²) in [5.74, 6) is -3.03. The number of hydrogen-bond acceptors (Lipinski definition) is 3. The minimum Gasteiger partial charge on any atom is -0.396 e. The third-order valence-corrected chi connectivity index (χ3v) is 2.00. The fourth-order valence-corrected chi connectivity index (χ4v) is 1.12. The van der Waals surface area contributed by atoms with Crippen LogP contribution in [0.15, 0.2) is 12.1 Å². The SMILES string of the molecule is CC(CO)NC(=O)c1c(F)ccc(N)c1F. The number of anilines is 1. The average molecular weight is 230 g/mol. The highest BCUT2D eigenvalue weighted by Crippen LogP contribution is 2.18. The Kier molecular flexibility index (Phi) is 3.78. The number of nitrogens with two attached hydrogens (primary N) is 1. The number of carbonyl (C=O) groups is 1. The van der Waals surface area contributed by atoms with E-state index in [0.29, 0.717) is 0 Å². The first-order valence-electron chi connectivity index (χ1n) is 4.62. The molecule has 4 N–H and O–H groups in total. The molecular weight excluding hydrogens is 218 g/mol. The van der Waals surface area contributed by atoms with Gasteiger partial charge in [-0.1, -0.05) is 0 Å². The highest BCUT2D eigenvalue weighted by Gasteiger charge is 2.20. The fraction of sp³-hybridized carbons (Fsp3) is 0.300. The number of aliphatic hydroxyl groups is 1. The Bertz CT molecular complexity index is 410. The lowest BCUT2D eigenvalue weighted by atomic mass is 10.1. The molecule has 0 radical (unpaired) electrons. The summed E-state index contributed by atoms with van der Waals surface area (Å²) in [4.78, 5) is 11.5. The Morgan fingerprint density at radius 1 is 1.56 bits per heavy atom. The standard InChI is InChI=1S/C10H12F2N2O2/c1-5(4-15)14-10(16)8-6(11)2-3-7(13)9(8)12/h2-3,5,15H,4,13H2,1H3,(H,14,16). The van der Waals surface area contributed by atoms with Crippen molar-refractivity contribution >= 4 is 11.6 Å². The lowest BCUT2D eigenvalue weighted by Gasteiger charge is -2.12. The van der Waals surface area contributed by atoms with Crippen LogP contribution in [-0.4, -0.2) is 23.7 Å². The summed E-state index contributed by atoms with van der Waals surface area (Å²) in [6, 6.07) is 1.36. The molecule has 0 fully saturated rings. The van der Waals surface area contributed by atoms with Gasteiger partial charge in [-0.25, -0.2) is 8.78 Å². The van der Waals surface area contributed by atoms with Crippen molar-refractivity contribution in [1.82, 2.24) is 5.32 Å². The van der Waals surface area contributed by atoms with Crippen molar-refractivity contribution in [3.63, 3.8) is 0 Å². The van der Waals surface area contributed by atoms with Crippen LogP contribution in [-0.2, 0) is 0 Å². The van der Waals surface area contributed by atoms with Gasteiger partial charge in [0.15, 0.2) is 5.82 Å². The van der Waals surface area contributed by atoms with E-state index in [1.54, 1.807) is 0 Å². The predicted molar refractivity (Wildman–Crippen MR) is 54.8 cm³/mol. The van der Waals surface area contributed by atoms with Crippen LogP contribution >= 0.6 is 0 Å². The Hall–Kier alpha value is -1.69. The second-order valence-electron chi connectivity index (χ2n) is 3.38. The van der Waals surface area contributed by atoms with E-state index in [4.69, 9.17) is 10.8 Å². The maximum absolute atomic E-state index is 13.4. The summed E-state index contributed by atoms with van der Waals surface area (Å²) in [6.45, 7) is 1.18. The van der Waals surface area contributed by atoms with Crippen molar-refractivity contribution in [2.24, 2.45) is 0 Å². The Morgan fingerprint density at radius 2 is 2.19 bits per heavy atom. The van der Waals surface area contributed by atoms with Gasteiger partial charge in [-0.05, 0) is 19.1 Å². The average Bonchev–Trinajstić information content (AvgIpc) is 2.24. The Balaban J connectivity index is 3.03. The quantitative estimate of drug-likeness (QED) is 0.667. The number of halogens is 2. The number of nitrogens with one attached hydrogen (secondary N) is 1. The number of carbonyl (C=O) groups excluding carboxylic acids is 1. The van der Waals surface area contributed by atoms with Crippen LogP contribution in [0.4, 0.5) is 14.5 Å². The molecule has 1 atom stereocenters. The van der Waals surface area contributed by atoms with Crippen LogP contribution in [0.3, 0.4) is 0 Å². The molecule has 1 amide bonds. The maximum atomic E-state index is 13.4. The van der Waals surface area contributed by atoms with Crippen molar-refractivity contribution < 1.29 is 18.7 Å². The van der Waals surface area contributed by atoms with Crippen LogP contribution in [0, 0.1) is 11.6 Å². The predicted octanol–water partition coefficient (Wildman–Crippen LogP) is 0.658. The minimum atomic E-state index is -1.09. The molecule has 88 valence electrons. The molecule has 1 unspecified atom stereocenters. The van der Waals surface area contributed by atoms with Gasteiger partial charge < -0.3 is 16.2 Å². The van der Waals surface area contributed by atoms with Crippen LogP contribution in [0.5, 0.6) is 0 Å². The highest BCUT2D eigenvalue weighted by molar-refractivity contribution is 5.95. The third kappa shape index (κ3) is 2.46. The van der Waals surface area contributed by atoms with E-state index in [1.165, 1.54) is 6.92 Å². The van der Waals surface area contributed by atoms with E-state index >= 15 is 0 Å². The van der Waals surface area contributed by atoms with Crippen LogP contribution < -0.4 is 11.1 Å². The van der Waals surface area contributed by atoms with Crippen LogP contribution in [0.25, 0.3) is 0 Å². The fourth-order valence-electron chi connectivity index (χ4n) is 1.12. The molecule has 1 aromatic rings. The molecule has 1 aromatic carbocycles. The van der Waals surface area contributed by atoms with E-state index in [9.17, 15) is 13.6 Å². The van der Waals surface area contributed by atoms with Gasteiger partial charge in [0.05, 0.1) is 12.3 Å².